The maximum atomic E-state index is 11.9. The number of rotatable bonds is 8. The summed E-state index contributed by atoms with van der Waals surface area (Å²) in [5.41, 5.74) is 3.97. The van der Waals surface area contributed by atoms with Gasteiger partial charge in [0.1, 0.15) is 5.75 Å². The Bertz CT molecular complexity index is 747. The maximum Gasteiger partial charge on any atom is 0.259 e. The minimum atomic E-state index is -0.275. The minimum Gasteiger partial charge on any atom is -0.495 e. The Morgan fingerprint density at radius 3 is 2.44 bits per heavy atom. The topological polar surface area (TPSA) is 81.2 Å². The highest BCUT2D eigenvalue weighted by atomic mass is 16.5. The molecule has 132 valence electrons. The van der Waals surface area contributed by atoms with Crippen LogP contribution in [-0.2, 0) is 4.79 Å². The maximum absolute atomic E-state index is 11.9. The number of nitrogens with one attached hydrogen (secondary N) is 2. The van der Waals surface area contributed by atoms with Crippen LogP contribution in [0.4, 0.5) is 5.69 Å². The van der Waals surface area contributed by atoms with Crippen molar-refractivity contribution in [2.75, 3.05) is 33.2 Å². The molecular formula is C18H21N3O4. The van der Waals surface area contributed by atoms with Gasteiger partial charge in [0.25, 0.3) is 5.91 Å². The molecule has 0 heterocycles. The average Bonchev–Trinajstić information content (AvgIpc) is 2.66. The highest BCUT2D eigenvalue weighted by Crippen LogP contribution is 2.26. The Labute approximate surface area is 146 Å². The van der Waals surface area contributed by atoms with Crippen molar-refractivity contribution in [3.63, 3.8) is 0 Å². The van der Waals surface area contributed by atoms with Gasteiger partial charge in [-0.1, -0.05) is 12.1 Å². The number of carbonyl (C=O) groups is 1. The van der Waals surface area contributed by atoms with E-state index in [0.29, 0.717) is 17.2 Å². The van der Waals surface area contributed by atoms with Crippen molar-refractivity contribution in [3.05, 3.63) is 48.0 Å². The van der Waals surface area contributed by atoms with E-state index in [1.54, 1.807) is 33.5 Å². The van der Waals surface area contributed by atoms with Crippen molar-refractivity contribution in [3.8, 4) is 17.2 Å². The highest BCUT2D eigenvalue weighted by Gasteiger charge is 2.05. The van der Waals surface area contributed by atoms with E-state index in [0.717, 1.165) is 11.3 Å². The number of hydrogen-bond acceptors (Lipinski definition) is 6. The molecule has 0 bridgehead atoms. The standard InChI is InChI=1S/C18H21N3O4/c1-23-15-7-5-4-6-14(15)19-12-18(22)21-20-11-13-8-9-16(24-2)17(10-13)25-3/h4-11,19H,12H2,1-3H3,(H,21,22)/b20-11+. The van der Waals surface area contributed by atoms with E-state index in [2.05, 4.69) is 15.8 Å². The van der Waals surface area contributed by atoms with Gasteiger partial charge in [-0.2, -0.15) is 5.10 Å². The van der Waals surface area contributed by atoms with E-state index in [1.165, 1.54) is 6.21 Å². The summed E-state index contributed by atoms with van der Waals surface area (Å²) in [5.74, 6) is 1.62. The van der Waals surface area contributed by atoms with Crippen LogP contribution in [0.1, 0.15) is 5.56 Å². The second kappa shape index (κ2) is 9.17. The predicted molar refractivity (Wildman–Crippen MR) is 96.8 cm³/mol. The first kappa shape index (κ1) is 18.1. The number of amides is 1. The molecule has 2 rings (SSSR count). The summed E-state index contributed by atoms with van der Waals surface area (Å²) in [6, 6.07) is 12.7. The van der Waals surface area contributed by atoms with Crippen LogP contribution in [0.5, 0.6) is 17.2 Å². The highest BCUT2D eigenvalue weighted by molar-refractivity contribution is 5.85. The molecule has 0 unspecified atom stereocenters. The molecule has 0 saturated heterocycles. The minimum absolute atomic E-state index is 0.0731. The van der Waals surface area contributed by atoms with E-state index in [9.17, 15) is 4.79 Å². The molecule has 0 atom stereocenters. The van der Waals surface area contributed by atoms with Gasteiger partial charge in [-0.3, -0.25) is 4.79 Å². The summed E-state index contributed by atoms with van der Waals surface area (Å²) >= 11 is 0. The molecule has 7 nitrogen and oxygen atoms in total. The first-order valence-electron chi connectivity index (χ1n) is 7.58. The van der Waals surface area contributed by atoms with E-state index in [-0.39, 0.29) is 12.5 Å². The number of hydrogen-bond donors (Lipinski definition) is 2. The molecule has 0 saturated carbocycles. The largest absolute Gasteiger partial charge is 0.495 e. The van der Waals surface area contributed by atoms with E-state index < -0.39 is 0 Å². The summed E-state index contributed by atoms with van der Waals surface area (Å²) < 4.78 is 15.6. The molecule has 2 aromatic rings. The third-order valence-electron chi connectivity index (χ3n) is 3.36. The van der Waals surface area contributed by atoms with Crippen LogP contribution in [0.15, 0.2) is 47.6 Å². The summed E-state index contributed by atoms with van der Waals surface area (Å²) in [5, 5.41) is 6.93. The summed E-state index contributed by atoms with van der Waals surface area (Å²) in [4.78, 5) is 11.9. The first-order valence-corrected chi connectivity index (χ1v) is 7.58. The number of ether oxygens (including phenoxy) is 3. The van der Waals surface area contributed by atoms with Crippen molar-refractivity contribution in [2.24, 2.45) is 5.10 Å². The summed E-state index contributed by atoms with van der Waals surface area (Å²) in [7, 11) is 4.71. The monoisotopic (exact) mass is 343 g/mol. The first-order chi connectivity index (χ1) is 12.2. The van der Waals surface area contributed by atoms with Gasteiger partial charge in [0.15, 0.2) is 11.5 Å². The Morgan fingerprint density at radius 2 is 1.72 bits per heavy atom. The van der Waals surface area contributed by atoms with E-state index in [1.807, 2.05) is 30.3 Å². The zero-order valence-corrected chi connectivity index (χ0v) is 14.4. The average molecular weight is 343 g/mol. The lowest BCUT2D eigenvalue weighted by atomic mass is 10.2. The van der Waals surface area contributed by atoms with Gasteiger partial charge in [0.2, 0.25) is 0 Å². The third-order valence-corrected chi connectivity index (χ3v) is 3.36. The fourth-order valence-electron chi connectivity index (χ4n) is 2.12. The zero-order chi connectivity index (χ0) is 18.1. The van der Waals surface area contributed by atoms with Crippen LogP contribution in [-0.4, -0.2) is 40.0 Å². The molecule has 2 N–H and O–H groups in total. The molecule has 0 aliphatic carbocycles. The second-order valence-electron chi connectivity index (χ2n) is 4.96. The Kier molecular flexibility index (Phi) is 6.65. The van der Waals surface area contributed by atoms with Gasteiger partial charge in [0, 0.05) is 0 Å². The quantitative estimate of drug-likeness (QED) is 0.568. The van der Waals surface area contributed by atoms with Crippen LogP contribution in [0, 0.1) is 0 Å². The Balaban J connectivity index is 1.88. The fraction of sp³-hybridized carbons (Fsp3) is 0.222. The molecule has 0 fully saturated rings. The van der Waals surface area contributed by atoms with Crippen LogP contribution in [0.3, 0.4) is 0 Å². The molecule has 0 aliphatic rings. The predicted octanol–water partition coefficient (Wildman–Crippen LogP) is 2.27. The summed E-state index contributed by atoms with van der Waals surface area (Å²) in [6.45, 7) is 0.0731. The number of hydrazone groups is 1. The molecule has 2 aromatic carbocycles. The van der Waals surface area contributed by atoms with Crippen LogP contribution < -0.4 is 25.0 Å². The van der Waals surface area contributed by atoms with E-state index >= 15 is 0 Å². The normalized spacial score (nSPS) is 10.4. The van der Waals surface area contributed by atoms with Crippen molar-refractivity contribution < 1.29 is 19.0 Å². The summed E-state index contributed by atoms with van der Waals surface area (Å²) in [6.07, 6.45) is 1.53. The molecule has 0 aliphatic heterocycles. The van der Waals surface area contributed by atoms with Crippen LogP contribution >= 0.6 is 0 Å². The zero-order valence-electron chi connectivity index (χ0n) is 14.4. The molecule has 25 heavy (non-hydrogen) atoms. The van der Waals surface area contributed by atoms with Gasteiger partial charge in [0.05, 0.1) is 39.8 Å². The number of benzene rings is 2. The van der Waals surface area contributed by atoms with Crippen molar-refractivity contribution >= 4 is 17.8 Å². The van der Waals surface area contributed by atoms with Crippen molar-refractivity contribution in [2.45, 2.75) is 0 Å². The smallest absolute Gasteiger partial charge is 0.259 e. The number of nitrogens with zero attached hydrogens (tertiary/aromatic N) is 1. The Morgan fingerprint density at radius 1 is 1.00 bits per heavy atom. The van der Waals surface area contributed by atoms with Gasteiger partial charge in [-0.05, 0) is 35.9 Å². The van der Waals surface area contributed by atoms with Gasteiger partial charge < -0.3 is 19.5 Å². The van der Waals surface area contributed by atoms with Gasteiger partial charge in [-0.25, -0.2) is 5.43 Å². The molecular weight excluding hydrogens is 322 g/mol. The number of carbonyl (C=O) groups excluding carboxylic acids is 1. The Hall–Kier alpha value is -3.22. The van der Waals surface area contributed by atoms with E-state index in [4.69, 9.17) is 14.2 Å². The van der Waals surface area contributed by atoms with Crippen molar-refractivity contribution in [1.82, 2.24) is 5.43 Å². The molecule has 0 radical (unpaired) electrons. The lowest BCUT2D eigenvalue weighted by Crippen LogP contribution is -2.26. The second-order valence-corrected chi connectivity index (χ2v) is 4.96. The molecule has 7 heteroatoms. The fourth-order valence-corrected chi connectivity index (χ4v) is 2.12. The van der Waals surface area contributed by atoms with Gasteiger partial charge >= 0.3 is 0 Å². The number of anilines is 1. The molecule has 1 amide bonds. The lowest BCUT2D eigenvalue weighted by Gasteiger charge is -2.09. The number of para-hydroxylation sites is 2. The number of methoxy groups -OCH3 is 3. The van der Waals surface area contributed by atoms with Crippen molar-refractivity contribution in [1.29, 1.82) is 0 Å². The lowest BCUT2D eigenvalue weighted by molar-refractivity contribution is -0.119. The van der Waals surface area contributed by atoms with Crippen LogP contribution in [0.2, 0.25) is 0 Å². The molecule has 0 aromatic heterocycles. The molecule has 0 spiro atoms. The third kappa shape index (κ3) is 5.13. The SMILES string of the molecule is COc1ccccc1NCC(=O)N/N=C/c1ccc(OC)c(OC)c1. The van der Waals surface area contributed by atoms with Gasteiger partial charge in [-0.15, -0.1) is 0 Å². The van der Waals surface area contributed by atoms with Crippen LogP contribution in [0.25, 0.3) is 0 Å².